The van der Waals surface area contributed by atoms with Crippen LogP contribution < -0.4 is 0 Å². The van der Waals surface area contributed by atoms with Gasteiger partial charge >= 0.3 is 11.9 Å². The molecule has 0 spiro atoms. The lowest BCUT2D eigenvalue weighted by Gasteiger charge is -2.04. The van der Waals surface area contributed by atoms with E-state index in [1.165, 1.54) is 16.8 Å². The summed E-state index contributed by atoms with van der Waals surface area (Å²) >= 11 is 0. The molecule has 1 heterocycles. The number of carbonyl (C=O) groups is 2. The fourth-order valence-electron chi connectivity index (χ4n) is 1.83. The molecule has 2 N–H and O–H groups in total. The Labute approximate surface area is 114 Å². The molecule has 7 heteroatoms. The second-order valence-electron chi connectivity index (χ2n) is 4.28. The summed E-state index contributed by atoms with van der Waals surface area (Å²) in [5, 5.41) is 25.5. The molecule has 0 atom stereocenters. The van der Waals surface area contributed by atoms with Gasteiger partial charge in [0.25, 0.3) is 0 Å². The Morgan fingerprint density at radius 3 is 2.70 bits per heavy atom. The average Bonchev–Trinajstić information content (AvgIpc) is 2.78. The predicted octanol–water partition coefficient (Wildman–Crippen LogP) is 1.29. The van der Waals surface area contributed by atoms with Gasteiger partial charge in [-0.25, -0.2) is 9.48 Å². The molecule has 0 bridgehead atoms. The number of hydrogen-bond acceptors (Lipinski definition) is 4. The zero-order chi connectivity index (χ0) is 14.7. The lowest BCUT2D eigenvalue weighted by atomic mass is 10.2. The van der Waals surface area contributed by atoms with Gasteiger partial charge in [-0.1, -0.05) is 11.3 Å². The van der Waals surface area contributed by atoms with Crippen molar-refractivity contribution in [1.29, 1.82) is 0 Å². The van der Waals surface area contributed by atoms with E-state index in [1.807, 2.05) is 0 Å². The highest BCUT2D eigenvalue weighted by molar-refractivity contribution is 5.88. The van der Waals surface area contributed by atoms with Crippen molar-refractivity contribution in [3.8, 4) is 5.69 Å². The lowest BCUT2D eigenvalue weighted by Crippen LogP contribution is -2.03. The zero-order valence-electron chi connectivity index (χ0n) is 10.8. The van der Waals surface area contributed by atoms with Gasteiger partial charge in [0.1, 0.15) is 0 Å². The molecule has 0 radical (unpaired) electrons. The third-order valence-corrected chi connectivity index (χ3v) is 2.90. The van der Waals surface area contributed by atoms with Crippen molar-refractivity contribution in [2.24, 2.45) is 0 Å². The van der Waals surface area contributed by atoms with E-state index in [2.05, 4.69) is 10.3 Å². The van der Waals surface area contributed by atoms with Crippen molar-refractivity contribution in [1.82, 2.24) is 15.0 Å². The summed E-state index contributed by atoms with van der Waals surface area (Å²) in [4.78, 5) is 21.5. The van der Waals surface area contributed by atoms with E-state index >= 15 is 0 Å². The molecular formula is C13H13N3O4. The Balaban J connectivity index is 2.31. The van der Waals surface area contributed by atoms with Crippen LogP contribution in [0.4, 0.5) is 0 Å². The standard InChI is InChI=1S/C13H13N3O4/c1-8-11(5-6-12(17)18)14-15-16(8)10-4-2-3-9(7-10)13(19)20/h2-4,7H,5-6H2,1H3,(H,17,18)(H,19,20). The minimum absolute atomic E-state index is 0.0191. The van der Waals surface area contributed by atoms with E-state index in [0.29, 0.717) is 23.5 Å². The number of benzene rings is 1. The number of carboxylic acid groups (broad SMARTS) is 2. The number of nitrogens with zero attached hydrogens (tertiary/aromatic N) is 3. The maximum Gasteiger partial charge on any atom is 0.335 e. The van der Waals surface area contributed by atoms with Crippen LogP contribution in [0.1, 0.15) is 28.2 Å². The summed E-state index contributed by atoms with van der Waals surface area (Å²) in [5.41, 5.74) is 2.03. The quantitative estimate of drug-likeness (QED) is 0.851. The maximum absolute atomic E-state index is 10.9. The predicted molar refractivity (Wildman–Crippen MR) is 69.0 cm³/mol. The van der Waals surface area contributed by atoms with Crippen LogP contribution in [0.5, 0.6) is 0 Å². The summed E-state index contributed by atoms with van der Waals surface area (Å²) in [6.07, 6.45) is 0.272. The molecule has 0 aliphatic carbocycles. The van der Waals surface area contributed by atoms with E-state index in [4.69, 9.17) is 10.2 Å². The van der Waals surface area contributed by atoms with E-state index in [-0.39, 0.29) is 12.0 Å². The van der Waals surface area contributed by atoms with E-state index < -0.39 is 11.9 Å². The molecular weight excluding hydrogens is 262 g/mol. The Bertz CT molecular complexity index is 663. The number of aromatic nitrogens is 3. The third-order valence-electron chi connectivity index (χ3n) is 2.90. The molecule has 104 valence electrons. The average molecular weight is 275 g/mol. The van der Waals surface area contributed by atoms with Gasteiger partial charge in [-0.15, -0.1) is 5.10 Å². The number of carboxylic acids is 2. The van der Waals surface area contributed by atoms with Crippen LogP contribution in [0.15, 0.2) is 24.3 Å². The maximum atomic E-state index is 10.9. The molecule has 0 amide bonds. The minimum Gasteiger partial charge on any atom is -0.481 e. The van der Waals surface area contributed by atoms with Crippen molar-refractivity contribution >= 4 is 11.9 Å². The van der Waals surface area contributed by atoms with Crippen LogP contribution in [-0.2, 0) is 11.2 Å². The largest absolute Gasteiger partial charge is 0.481 e. The molecule has 2 rings (SSSR count). The van der Waals surface area contributed by atoms with Gasteiger partial charge in [-0.2, -0.15) is 0 Å². The van der Waals surface area contributed by atoms with Crippen LogP contribution in [0.3, 0.4) is 0 Å². The Morgan fingerprint density at radius 2 is 2.05 bits per heavy atom. The first-order chi connectivity index (χ1) is 9.49. The van der Waals surface area contributed by atoms with E-state index in [9.17, 15) is 9.59 Å². The molecule has 0 saturated carbocycles. The van der Waals surface area contributed by atoms with Gasteiger partial charge in [0, 0.05) is 6.42 Å². The summed E-state index contributed by atoms with van der Waals surface area (Å²) in [5.74, 6) is -1.91. The lowest BCUT2D eigenvalue weighted by molar-refractivity contribution is -0.136. The van der Waals surface area contributed by atoms with Crippen LogP contribution in [0.2, 0.25) is 0 Å². The van der Waals surface area contributed by atoms with E-state index in [1.54, 1.807) is 19.1 Å². The van der Waals surface area contributed by atoms with Crippen LogP contribution in [-0.4, -0.2) is 37.1 Å². The molecule has 20 heavy (non-hydrogen) atoms. The normalized spacial score (nSPS) is 10.4. The summed E-state index contributed by atoms with van der Waals surface area (Å²) in [6.45, 7) is 1.77. The first-order valence-electron chi connectivity index (χ1n) is 5.95. The van der Waals surface area contributed by atoms with Gasteiger partial charge in [-0.3, -0.25) is 4.79 Å². The van der Waals surface area contributed by atoms with Crippen LogP contribution in [0.25, 0.3) is 5.69 Å². The van der Waals surface area contributed by atoms with Crippen molar-refractivity contribution in [2.75, 3.05) is 0 Å². The highest BCUT2D eigenvalue weighted by atomic mass is 16.4. The van der Waals surface area contributed by atoms with Gasteiger partial charge in [0.15, 0.2) is 0 Å². The first-order valence-corrected chi connectivity index (χ1v) is 5.95. The van der Waals surface area contributed by atoms with Gasteiger partial charge in [0.2, 0.25) is 0 Å². The van der Waals surface area contributed by atoms with Crippen LogP contribution in [0, 0.1) is 6.92 Å². The molecule has 1 aromatic heterocycles. The SMILES string of the molecule is Cc1c(CCC(=O)O)nnn1-c1cccc(C(=O)O)c1. The third kappa shape index (κ3) is 2.82. The second kappa shape index (κ2) is 5.52. The van der Waals surface area contributed by atoms with Crippen molar-refractivity contribution in [3.63, 3.8) is 0 Å². The molecule has 0 fully saturated rings. The number of aryl methyl sites for hydroxylation is 1. The van der Waals surface area contributed by atoms with Crippen molar-refractivity contribution in [3.05, 3.63) is 41.2 Å². The van der Waals surface area contributed by atoms with Gasteiger partial charge in [0.05, 0.1) is 29.1 Å². The Kier molecular flexibility index (Phi) is 3.79. The topological polar surface area (TPSA) is 105 Å². The fraction of sp³-hybridized carbons (Fsp3) is 0.231. The molecule has 1 aromatic carbocycles. The number of rotatable bonds is 5. The Hall–Kier alpha value is -2.70. The summed E-state index contributed by atoms with van der Waals surface area (Å²) in [6, 6.07) is 6.32. The number of aromatic carboxylic acids is 1. The Morgan fingerprint density at radius 1 is 1.30 bits per heavy atom. The fourth-order valence-corrected chi connectivity index (χ4v) is 1.83. The summed E-state index contributed by atoms with van der Waals surface area (Å²) < 4.78 is 1.50. The number of aliphatic carboxylic acids is 1. The molecule has 0 saturated heterocycles. The first kappa shape index (κ1) is 13.7. The molecule has 0 unspecified atom stereocenters. The number of hydrogen-bond donors (Lipinski definition) is 2. The monoisotopic (exact) mass is 275 g/mol. The molecule has 7 nitrogen and oxygen atoms in total. The van der Waals surface area contributed by atoms with Gasteiger partial charge < -0.3 is 10.2 Å². The highest BCUT2D eigenvalue weighted by Crippen LogP contribution is 2.15. The van der Waals surface area contributed by atoms with Crippen LogP contribution >= 0.6 is 0 Å². The van der Waals surface area contributed by atoms with Crippen molar-refractivity contribution < 1.29 is 19.8 Å². The molecule has 0 aliphatic rings. The van der Waals surface area contributed by atoms with Crippen molar-refractivity contribution in [2.45, 2.75) is 19.8 Å². The van der Waals surface area contributed by atoms with Gasteiger partial charge in [-0.05, 0) is 25.1 Å². The zero-order valence-corrected chi connectivity index (χ0v) is 10.8. The highest BCUT2D eigenvalue weighted by Gasteiger charge is 2.12. The smallest absolute Gasteiger partial charge is 0.335 e. The minimum atomic E-state index is -1.02. The second-order valence-corrected chi connectivity index (χ2v) is 4.28. The van der Waals surface area contributed by atoms with E-state index in [0.717, 1.165) is 0 Å². The molecule has 0 aliphatic heterocycles. The summed E-state index contributed by atoms with van der Waals surface area (Å²) in [7, 11) is 0. The molecule has 2 aromatic rings.